The zero-order valence-electron chi connectivity index (χ0n) is 11.8. The number of ether oxygens (including phenoxy) is 2. The van der Waals surface area contributed by atoms with Gasteiger partial charge in [0.05, 0.1) is 12.7 Å². The summed E-state index contributed by atoms with van der Waals surface area (Å²) < 4.78 is 10.3. The molecule has 0 saturated heterocycles. The maximum atomic E-state index is 12.0. The van der Waals surface area contributed by atoms with E-state index in [0.29, 0.717) is 17.1 Å². The van der Waals surface area contributed by atoms with E-state index in [1.807, 2.05) is 0 Å². The van der Waals surface area contributed by atoms with E-state index in [4.69, 9.17) is 21.1 Å². The Labute approximate surface area is 132 Å². The summed E-state index contributed by atoms with van der Waals surface area (Å²) in [5, 5.41) is -0.546. The zero-order valence-corrected chi connectivity index (χ0v) is 12.5. The summed E-state index contributed by atoms with van der Waals surface area (Å²) in [7, 11) is 1.56. The Morgan fingerprint density at radius 3 is 2.09 bits per heavy atom. The molecule has 0 radical (unpaired) electrons. The molecule has 2 aromatic rings. The topological polar surface area (TPSA) is 52.6 Å². The highest BCUT2D eigenvalue weighted by atomic mass is 35.5. The molecule has 0 atom stereocenters. The van der Waals surface area contributed by atoms with E-state index in [9.17, 15) is 9.59 Å². The molecule has 0 aromatic heterocycles. The number of carbonyl (C=O) groups is 2. The molecule has 0 bridgehead atoms. The summed E-state index contributed by atoms with van der Waals surface area (Å²) in [4.78, 5) is 22.6. The van der Waals surface area contributed by atoms with Crippen molar-refractivity contribution in [3.05, 3.63) is 65.7 Å². The molecule has 0 saturated carbocycles. The van der Waals surface area contributed by atoms with Gasteiger partial charge < -0.3 is 9.47 Å². The molecule has 0 aliphatic rings. The van der Waals surface area contributed by atoms with Crippen molar-refractivity contribution in [2.75, 3.05) is 7.11 Å². The number of esters is 1. The summed E-state index contributed by atoms with van der Waals surface area (Å²) in [5.41, 5.74) is 1.20. The predicted octanol–water partition coefficient (Wildman–Crippen LogP) is 3.69. The standard InChI is InChI=1S/C17H13ClO4/c1-21-14-9-5-13(6-10-14)17(20)22-15-7-2-12(3-8-15)4-11-16(18)19/h2-11H,1H3/b11-4+. The van der Waals surface area contributed by atoms with Crippen molar-refractivity contribution in [2.45, 2.75) is 0 Å². The van der Waals surface area contributed by atoms with Crippen LogP contribution in [0.1, 0.15) is 15.9 Å². The van der Waals surface area contributed by atoms with Crippen LogP contribution >= 0.6 is 11.6 Å². The van der Waals surface area contributed by atoms with Crippen molar-refractivity contribution < 1.29 is 19.1 Å². The van der Waals surface area contributed by atoms with Gasteiger partial charge in [-0.05, 0) is 59.6 Å². The molecule has 0 unspecified atom stereocenters. The Bertz CT molecular complexity index is 688. The quantitative estimate of drug-likeness (QED) is 0.365. The van der Waals surface area contributed by atoms with Crippen molar-refractivity contribution in [3.63, 3.8) is 0 Å². The number of rotatable bonds is 5. The second-order valence-electron chi connectivity index (χ2n) is 4.32. The Kier molecular flexibility index (Phi) is 5.33. The van der Waals surface area contributed by atoms with Crippen LogP contribution in [0.5, 0.6) is 11.5 Å². The molecule has 0 amide bonds. The van der Waals surface area contributed by atoms with Crippen molar-refractivity contribution >= 4 is 28.9 Å². The highest BCUT2D eigenvalue weighted by molar-refractivity contribution is 6.66. The Morgan fingerprint density at radius 2 is 1.55 bits per heavy atom. The van der Waals surface area contributed by atoms with Crippen LogP contribution in [0.3, 0.4) is 0 Å². The van der Waals surface area contributed by atoms with Crippen molar-refractivity contribution in [2.24, 2.45) is 0 Å². The van der Waals surface area contributed by atoms with Gasteiger partial charge in [0.2, 0.25) is 5.24 Å². The van der Waals surface area contributed by atoms with Gasteiger partial charge in [-0.3, -0.25) is 4.79 Å². The third-order valence-corrected chi connectivity index (χ3v) is 2.95. The second-order valence-corrected chi connectivity index (χ2v) is 4.70. The van der Waals surface area contributed by atoms with Crippen molar-refractivity contribution in [1.82, 2.24) is 0 Å². The molecule has 5 heteroatoms. The molecule has 0 fully saturated rings. The van der Waals surface area contributed by atoms with Crippen molar-refractivity contribution in [3.8, 4) is 11.5 Å². The third kappa shape index (κ3) is 4.46. The molecule has 4 nitrogen and oxygen atoms in total. The van der Waals surface area contributed by atoms with Gasteiger partial charge in [0, 0.05) is 0 Å². The van der Waals surface area contributed by atoms with Crippen LogP contribution in [0, 0.1) is 0 Å². The van der Waals surface area contributed by atoms with Gasteiger partial charge in [-0.1, -0.05) is 18.2 Å². The van der Waals surface area contributed by atoms with E-state index in [1.165, 1.54) is 6.08 Å². The number of allylic oxidation sites excluding steroid dienone is 1. The largest absolute Gasteiger partial charge is 0.497 e. The van der Waals surface area contributed by atoms with Gasteiger partial charge in [0.25, 0.3) is 0 Å². The van der Waals surface area contributed by atoms with Crippen LogP contribution in [-0.2, 0) is 4.79 Å². The van der Waals surface area contributed by atoms with E-state index in [1.54, 1.807) is 61.7 Å². The highest BCUT2D eigenvalue weighted by Crippen LogP contribution is 2.17. The summed E-state index contributed by atoms with van der Waals surface area (Å²) >= 11 is 5.21. The first-order valence-electron chi connectivity index (χ1n) is 6.42. The maximum absolute atomic E-state index is 12.0. The average molecular weight is 317 g/mol. The van der Waals surface area contributed by atoms with E-state index in [0.717, 1.165) is 5.56 Å². The molecular weight excluding hydrogens is 304 g/mol. The highest BCUT2D eigenvalue weighted by Gasteiger charge is 2.08. The second kappa shape index (κ2) is 7.43. The third-order valence-electron chi connectivity index (χ3n) is 2.82. The first kappa shape index (κ1) is 15.8. The first-order valence-corrected chi connectivity index (χ1v) is 6.80. The molecule has 0 heterocycles. The number of hydrogen-bond acceptors (Lipinski definition) is 4. The van der Waals surface area contributed by atoms with Crippen LogP contribution in [0.15, 0.2) is 54.6 Å². The number of methoxy groups -OCH3 is 1. The summed E-state index contributed by atoms with van der Waals surface area (Å²) in [6, 6.07) is 13.3. The fourth-order valence-corrected chi connectivity index (χ4v) is 1.76. The molecule has 0 spiro atoms. The van der Waals surface area contributed by atoms with Gasteiger partial charge in [-0.25, -0.2) is 4.79 Å². The molecule has 112 valence electrons. The number of halogens is 1. The van der Waals surface area contributed by atoms with Crippen molar-refractivity contribution in [1.29, 1.82) is 0 Å². The zero-order chi connectivity index (χ0) is 15.9. The minimum absolute atomic E-state index is 0.412. The molecule has 0 aliphatic heterocycles. The average Bonchev–Trinajstić information content (AvgIpc) is 2.54. The normalized spacial score (nSPS) is 10.5. The summed E-state index contributed by atoms with van der Waals surface area (Å²) in [6.07, 6.45) is 2.82. The van der Waals surface area contributed by atoms with Gasteiger partial charge in [0.1, 0.15) is 11.5 Å². The number of hydrogen-bond donors (Lipinski definition) is 0. The molecule has 2 rings (SSSR count). The monoisotopic (exact) mass is 316 g/mol. The Hall–Kier alpha value is -2.59. The maximum Gasteiger partial charge on any atom is 0.343 e. The fraction of sp³-hybridized carbons (Fsp3) is 0.0588. The van der Waals surface area contributed by atoms with Crippen LogP contribution in [0.25, 0.3) is 6.08 Å². The lowest BCUT2D eigenvalue weighted by atomic mass is 10.2. The fourth-order valence-electron chi connectivity index (χ4n) is 1.70. The molecule has 22 heavy (non-hydrogen) atoms. The lowest BCUT2D eigenvalue weighted by Gasteiger charge is -2.05. The summed E-state index contributed by atoms with van der Waals surface area (Å²) in [6.45, 7) is 0. The molecule has 2 aromatic carbocycles. The molecule has 0 aliphatic carbocycles. The predicted molar refractivity (Wildman–Crippen MR) is 84.3 cm³/mol. The SMILES string of the molecule is COc1ccc(C(=O)Oc2ccc(/C=C/C(=O)Cl)cc2)cc1. The van der Waals surface area contributed by atoms with Gasteiger partial charge in [0.15, 0.2) is 0 Å². The Balaban J connectivity index is 2.03. The smallest absolute Gasteiger partial charge is 0.343 e. The lowest BCUT2D eigenvalue weighted by Crippen LogP contribution is -2.08. The van der Waals surface area contributed by atoms with Crippen LogP contribution < -0.4 is 9.47 Å². The molecular formula is C17H13ClO4. The van der Waals surface area contributed by atoms with E-state index in [2.05, 4.69) is 0 Å². The molecule has 0 N–H and O–H groups in total. The van der Waals surface area contributed by atoms with Crippen LogP contribution in [0.4, 0.5) is 0 Å². The van der Waals surface area contributed by atoms with E-state index >= 15 is 0 Å². The van der Waals surface area contributed by atoms with Gasteiger partial charge in [-0.2, -0.15) is 0 Å². The number of benzene rings is 2. The van der Waals surface area contributed by atoms with Gasteiger partial charge >= 0.3 is 5.97 Å². The number of carbonyl (C=O) groups excluding carboxylic acids is 2. The van der Waals surface area contributed by atoms with Crippen LogP contribution in [0.2, 0.25) is 0 Å². The van der Waals surface area contributed by atoms with E-state index in [-0.39, 0.29) is 0 Å². The van der Waals surface area contributed by atoms with Crippen LogP contribution in [-0.4, -0.2) is 18.3 Å². The Morgan fingerprint density at radius 1 is 0.955 bits per heavy atom. The lowest BCUT2D eigenvalue weighted by molar-refractivity contribution is -0.107. The first-order chi connectivity index (χ1) is 10.6. The van der Waals surface area contributed by atoms with Gasteiger partial charge in [-0.15, -0.1) is 0 Å². The minimum atomic E-state index is -0.546. The minimum Gasteiger partial charge on any atom is -0.497 e. The summed E-state index contributed by atoms with van der Waals surface area (Å²) in [5.74, 6) is 0.624. The van der Waals surface area contributed by atoms with E-state index < -0.39 is 11.2 Å².